The number of carboxylic acid groups (broad SMARTS) is 1. The van der Waals surface area contributed by atoms with Crippen LogP contribution in [-0.4, -0.2) is 22.7 Å². The molecule has 5 nitrogen and oxygen atoms in total. The van der Waals surface area contributed by atoms with Crippen molar-refractivity contribution in [3.8, 4) is 44.3 Å². The third kappa shape index (κ3) is 6.75. The minimum Gasteiger partial charge on any atom is -0.486 e. The number of carboxylic acids is 1. The summed E-state index contributed by atoms with van der Waals surface area (Å²) in [4.78, 5) is 16.4. The molecule has 9 heteroatoms. The Morgan fingerprint density at radius 1 is 0.829 bits per heavy atom. The van der Waals surface area contributed by atoms with Gasteiger partial charge in [0.25, 0.3) is 0 Å². The van der Waals surface area contributed by atoms with E-state index in [4.69, 9.17) is 19.6 Å². The molecule has 1 heterocycles. The van der Waals surface area contributed by atoms with Gasteiger partial charge in [0.1, 0.15) is 23.1 Å². The number of carbonyl (C=O) groups is 1. The normalized spacial score (nSPS) is 11.3. The molecule has 208 valence electrons. The number of aliphatic carboxylic acids is 1. The van der Waals surface area contributed by atoms with Crippen LogP contribution in [0.15, 0.2) is 97.1 Å². The number of rotatable bonds is 9. The zero-order chi connectivity index (χ0) is 29.0. The molecule has 4 aromatic carbocycles. The Kier molecular flexibility index (Phi) is 8.07. The Balaban J connectivity index is 1.43. The van der Waals surface area contributed by atoms with Gasteiger partial charge in [0.15, 0.2) is 6.61 Å². The van der Waals surface area contributed by atoms with Gasteiger partial charge in [-0.3, -0.25) is 0 Å². The average molecular weight is 576 g/mol. The van der Waals surface area contributed by atoms with Gasteiger partial charge in [-0.15, -0.1) is 11.3 Å². The van der Waals surface area contributed by atoms with E-state index >= 15 is 0 Å². The molecule has 41 heavy (non-hydrogen) atoms. The summed E-state index contributed by atoms with van der Waals surface area (Å²) < 4.78 is 50.8. The number of halogens is 3. The summed E-state index contributed by atoms with van der Waals surface area (Å²) in [5.41, 5.74) is 4.15. The number of thiazole rings is 1. The first-order valence-electron chi connectivity index (χ1n) is 12.6. The van der Waals surface area contributed by atoms with E-state index < -0.39 is 24.3 Å². The van der Waals surface area contributed by atoms with Crippen LogP contribution < -0.4 is 9.47 Å². The quantitative estimate of drug-likeness (QED) is 0.191. The molecule has 0 saturated carbocycles. The minimum atomic E-state index is -4.43. The number of ether oxygens (including phenoxy) is 2. The monoisotopic (exact) mass is 575 g/mol. The zero-order valence-corrected chi connectivity index (χ0v) is 22.6. The number of alkyl halides is 3. The summed E-state index contributed by atoms with van der Waals surface area (Å²) in [6.45, 7) is 1.48. The fourth-order valence-corrected chi connectivity index (χ4v) is 5.24. The first kappa shape index (κ1) is 27.9. The first-order valence-corrected chi connectivity index (χ1v) is 13.4. The number of nitrogens with zero attached hydrogens (tertiary/aromatic N) is 1. The summed E-state index contributed by atoms with van der Waals surface area (Å²) in [5, 5.41) is 9.47. The van der Waals surface area contributed by atoms with Crippen LogP contribution >= 0.6 is 11.3 Å². The molecule has 0 spiro atoms. The summed E-state index contributed by atoms with van der Waals surface area (Å²) in [5.74, 6) is -0.0760. The van der Waals surface area contributed by atoms with Gasteiger partial charge < -0.3 is 14.6 Å². The lowest BCUT2D eigenvalue weighted by Crippen LogP contribution is -2.10. The fourth-order valence-electron chi connectivity index (χ4n) is 4.24. The zero-order valence-electron chi connectivity index (χ0n) is 21.8. The highest BCUT2D eigenvalue weighted by Gasteiger charge is 2.30. The molecule has 0 aliphatic carbocycles. The second kappa shape index (κ2) is 11.9. The van der Waals surface area contributed by atoms with Crippen LogP contribution in [0.25, 0.3) is 32.8 Å². The van der Waals surface area contributed by atoms with Crippen LogP contribution in [0, 0.1) is 6.92 Å². The van der Waals surface area contributed by atoms with E-state index in [9.17, 15) is 18.0 Å². The smallest absolute Gasteiger partial charge is 0.416 e. The molecule has 0 bridgehead atoms. The maximum atomic E-state index is 13.2. The van der Waals surface area contributed by atoms with Crippen molar-refractivity contribution in [1.82, 2.24) is 4.98 Å². The lowest BCUT2D eigenvalue weighted by molar-refractivity contribution is -0.139. The highest BCUT2D eigenvalue weighted by molar-refractivity contribution is 7.15. The molecule has 0 aliphatic heterocycles. The van der Waals surface area contributed by atoms with E-state index in [1.54, 1.807) is 25.1 Å². The number of hydrogen-bond acceptors (Lipinski definition) is 5. The molecule has 0 aliphatic rings. The highest BCUT2D eigenvalue weighted by atomic mass is 32.1. The Labute approximate surface area is 238 Å². The number of hydrogen-bond donors (Lipinski definition) is 1. The fraction of sp³-hybridized carbons (Fsp3) is 0.125. The van der Waals surface area contributed by atoms with E-state index in [2.05, 4.69) is 0 Å². The van der Waals surface area contributed by atoms with Crippen molar-refractivity contribution in [3.05, 3.63) is 113 Å². The predicted molar refractivity (Wildman–Crippen MR) is 152 cm³/mol. The van der Waals surface area contributed by atoms with Gasteiger partial charge in [0.05, 0.1) is 16.1 Å². The van der Waals surface area contributed by atoms with Gasteiger partial charge in [-0.1, -0.05) is 66.7 Å². The molecule has 0 saturated heterocycles. The second-order valence-corrected chi connectivity index (χ2v) is 10.3. The Bertz CT molecular complexity index is 1650. The molecule has 1 N–H and O–H groups in total. The van der Waals surface area contributed by atoms with Gasteiger partial charge in [-0.05, 0) is 59.5 Å². The Morgan fingerprint density at radius 3 is 2.10 bits per heavy atom. The Hall–Kier alpha value is -4.63. The van der Waals surface area contributed by atoms with Crippen LogP contribution in [0.4, 0.5) is 13.2 Å². The van der Waals surface area contributed by atoms with Gasteiger partial charge in [-0.25, -0.2) is 9.78 Å². The molecule has 1 aromatic heterocycles. The average Bonchev–Trinajstić information content (AvgIpc) is 3.40. The van der Waals surface area contributed by atoms with Crippen LogP contribution in [0.5, 0.6) is 11.5 Å². The minimum absolute atomic E-state index is 0.134. The molecule has 0 atom stereocenters. The molecule has 0 fully saturated rings. The lowest BCUT2D eigenvalue weighted by atomic mass is 10.0. The lowest BCUT2D eigenvalue weighted by Gasteiger charge is -2.09. The molecule has 5 rings (SSSR count). The van der Waals surface area contributed by atoms with Crippen molar-refractivity contribution < 1.29 is 32.5 Å². The topological polar surface area (TPSA) is 68.7 Å². The maximum Gasteiger partial charge on any atom is 0.416 e. The largest absolute Gasteiger partial charge is 0.486 e. The third-order valence-corrected chi connectivity index (χ3v) is 7.35. The van der Waals surface area contributed by atoms with E-state index in [0.717, 1.165) is 33.7 Å². The summed E-state index contributed by atoms with van der Waals surface area (Å²) >= 11 is 1.41. The molecule has 5 aromatic rings. The van der Waals surface area contributed by atoms with E-state index in [1.807, 2.05) is 54.6 Å². The van der Waals surface area contributed by atoms with E-state index in [-0.39, 0.29) is 6.61 Å². The van der Waals surface area contributed by atoms with Crippen molar-refractivity contribution in [3.63, 3.8) is 0 Å². The second-order valence-electron chi connectivity index (χ2n) is 9.20. The van der Waals surface area contributed by atoms with Gasteiger partial charge >= 0.3 is 12.1 Å². The van der Waals surface area contributed by atoms with Gasteiger partial charge in [0, 0.05) is 5.56 Å². The van der Waals surface area contributed by atoms with E-state index in [0.29, 0.717) is 33.3 Å². The van der Waals surface area contributed by atoms with E-state index in [1.165, 1.54) is 23.5 Å². The number of benzene rings is 4. The van der Waals surface area contributed by atoms with Crippen molar-refractivity contribution in [2.75, 3.05) is 6.61 Å². The highest BCUT2D eigenvalue weighted by Crippen LogP contribution is 2.39. The molecule has 0 unspecified atom stereocenters. The summed E-state index contributed by atoms with van der Waals surface area (Å²) in [6, 6.07) is 28.0. The van der Waals surface area contributed by atoms with Crippen molar-refractivity contribution in [1.29, 1.82) is 0 Å². The van der Waals surface area contributed by atoms with Gasteiger partial charge in [0.2, 0.25) is 0 Å². The molecular formula is C32H24F3NO4S. The van der Waals surface area contributed by atoms with Crippen LogP contribution in [-0.2, 0) is 17.6 Å². The maximum absolute atomic E-state index is 13.2. The summed E-state index contributed by atoms with van der Waals surface area (Å²) in [7, 11) is 0. The molecule has 0 radical (unpaired) electrons. The van der Waals surface area contributed by atoms with Crippen LogP contribution in [0.1, 0.15) is 16.1 Å². The SMILES string of the molecule is Cc1cc(OCc2nc(-c3ccc(C(F)(F)F)cc3)c(-c3ccc(-c4ccccc4)cc3)s2)ccc1OCC(=O)O. The summed E-state index contributed by atoms with van der Waals surface area (Å²) in [6.07, 6.45) is -4.43. The standard InChI is InChI=1S/C32H24F3NO4S/c1-20-17-26(15-16-27(20)40-19-29(37)38)39-18-28-36-30(23-11-13-25(14-12-23)32(33,34)35)31(41-28)24-9-7-22(8-10-24)21-5-3-2-4-6-21/h2-17H,18-19H2,1H3,(H,37,38). The predicted octanol–water partition coefficient (Wildman–Crippen LogP) is 8.51. The first-order chi connectivity index (χ1) is 19.7. The third-order valence-electron chi connectivity index (χ3n) is 6.27. The van der Waals surface area contributed by atoms with Crippen LogP contribution in [0.2, 0.25) is 0 Å². The van der Waals surface area contributed by atoms with Crippen molar-refractivity contribution in [2.45, 2.75) is 19.7 Å². The van der Waals surface area contributed by atoms with Crippen molar-refractivity contribution in [2.24, 2.45) is 0 Å². The van der Waals surface area contributed by atoms with Gasteiger partial charge in [-0.2, -0.15) is 13.2 Å². The number of aryl methyl sites for hydroxylation is 1. The van der Waals surface area contributed by atoms with Crippen molar-refractivity contribution >= 4 is 17.3 Å². The molecule has 0 amide bonds. The van der Waals surface area contributed by atoms with Crippen LogP contribution in [0.3, 0.4) is 0 Å². The Morgan fingerprint density at radius 2 is 1.46 bits per heavy atom. The molecular weight excluding hydrogens is 551 g/mol. The number of aromatic nitrogens is 1.